The maximum Gasteiger partial charge on any atom is 0.0407 e. The van der Waals surface area contributed by atoms with E-state index >= 15 is 0 Å². The van der Waals surface area contributed by atoms with Gasteiger partial charge in [-0.2, -0.15) is 0 Å². The summed E-state index contributed by atoms with van der Waals surface area (Å²) in [5.74, 6) is 0. The highest BCUT2D eigenvalue weighted by Crippen LogP contribution is 2.25. The van der Waals surface area contributed by atoms with Gasteiger partial charge in [0.15, 0.2) is 0 Å². The zero-order chi connectivity index (χ0) is 15.2. The van der Waals surface area contributed by atoms with E-state index in [0.29, 0.717) is 0 Å². The summed E-state index contributed by atoms with van der Waals surface area (Å²) in [7, 11) is 0. The van der Waals surface area contributed by atoms with Crippen LogP contribution in [0.4, 0.5) is 11.4 Å². The normalized spacial score (nSPS) is 10.5. The quantitative estimate of drug-likeness (QED) is 0.674. The molecule has 0 aromatic heterocycles. The molecule has 0 unspecified atom stereocenters. The molecule has 0 heterocycles. The summed E-state index contributed by atoms with van der Waals surface area (Å²) >= 11 is 5.86. The van der Waals surface area contributed by atoms with Crippen LogP contribution in [0.25, 0.3) is 0 Å². The lowest BCUT2D eigenvalue weighted by molar-refractivity contribution is 0.590. The molecule has 0 saturated heterocycles. The first kappa shape index (κ1) is 16.6. The Bertz CT molecular complexity index is 507. The topological polar surface area (TPSA) is 12.0 Å². The Morgan fingerprint density at radius 1 is 0.750 bits per heavy atom. The number of hydrogen-bond donors (Lipinski definition) is 1. The predicted molar refractivity (Wildman–Crippen MR) is 91.2 cm³/mol. The molecule has 1 nitrogen and oxygen atoms in total. The summed E-state index contributed by atoms with van der Waals surface area (Å²) in [6, 6.07) is 16.3. The lowest BCUT2D eigenvalue weighted by atomic mass is 9.87. The van der Waals surface area contributed by atoms with Gasteiger partial charge in [0.1, 0.15) is 0 Å². The molecule has 0 saturated carbocycles. The van der Waals surface area contributed by atoms with Crippen LogP contribution in [0, 0.1) is 0 Å². The Kier molecular flexibility index (Phi) is 6.09. The van der Waals surface area contributed by atoms with Gasteiger partial charge < -0.3 is 5.32 Å². The second-order valence-corrected chi connectivity index (χ2v) is 5.90. The fourth-order valence-corrected chi connectivity index (χ4v) is 1.88. The number of hydrogen-bond acceptors (Lipinski definition) is 1. The van der Waals surface area contributed by atoms with Crippen molar-refractivity contribution in [3.05, 3.63) is 59.1 Å². The number of nitrogens with one attached hydrogen (secondary N) is 1. The van der Waals surface area contributed by atoms with Crippen molar-refractivity contribution < 1.29 is 0 Å². The third-order valence-electron chi connectivity index (χ3n) is 2.88. The molecule has 0 bridgehead atoms. The molecule has 0 fully saturated rings. The molecule has 0 radical (unpaired) electrons. The second kappa shape index (κ2) is 7.35. The summed E-state index contributed by atoms with van der Waals surface area (Å²) in [4.78, 5) is 0. The average molecular weight is 290 g/mol. The van der Waals surface area contributed by atoms with E-state index in [-0.39, 0.29) is 5.41 Å². The minimum Gasteiger partial charge on any atom is -0.356 e. The van der Waals surface area contributed by atoms with Crippen LogP contribution in [0.3, 0.4) is 0 Å². The Hall–Kier alpha value is -1.47. The first-order valence-corrected chi connectivity index (χ1v) is 7.46. The van der Waals surface area contributed by atoms with Gasteiger partial charge in [-0.15, -0.1) is 0 Å². The van der Waals surface area contributed by atoms with Gasteiger partial charge in [-0.25, -0.2) is 0 Å². The van der Waals surface area contributed by atoms with Crippen molar-refractivity contribution in [1.29, 1.82) is 0 Å². The second-order valence-electron chi connectivity index (χ2n) is 5.46. The fourth-order valence-electron chi connectivity index (χ4n) is 1.75. The van der Waals surface area contributed by atoms with Crippen LogP contribution in [0.2, 0.25) is 5.02 Å². The molecular weight excluding hydrogens is 266 g/mol. The Morgan fingerprint density at radius 3 is 1.55 bits per heavy atom. The van der Waals surface area contributed by atoms with Crippen LogP contribution < -0.4 is 5.32 Å². The van der Waals surface area contributed by atoms with E-state index in [1.807, 2.05) is 38.1 Å². The van der Waals surface area contributed by atoms with Gasteiger partial charge in [0, 0.05) is 16.4 Å². The van der Waals surface area contributed by atoms with Crippen molar-refractivity contribution in [1.82, 2.24) is 0 Å². The lowest BCUT2D eigenvalue weighted by Crippen LogP contribution is -2.10. The molecule has 2 heteroatoms. The number of anilines is 2. The van der Waals surface area contributed by atoms with E-state index in [9.17, 15) is 0 Å². The van der Waals surface area contributed by atoms with Crippen LogP contribution >= 0.6 is 11.6 Å². The van der Waals surface area contributed by atoms with Crippen molar-refractivity contribution in [3.8, 4) is 0 Å². The van der Waals surface area contributed by atoms with Crippen LogP contribution in [0.15, 0.2) is 48.5 Å². The molecule has 2 rings (SSSR count). The molecule has 0 aliphatic carbocycles. The third kappa shape index (κ3) is 4.90. The molecule has 2 aromatic carbocycles. The molecular formula is C18H24ClN. The van der Waals surface area contributed by atoms with E-state index in [2.05, 4.69) is 50.4 Å². The van der Waals surface area contributed by atoms with Gasteiger partial charge in [-0.1, -0.05) is 58.4 Å². The van der Waals surface area contributed by atoms with Crippen LogP contribution in [0.1, 0.15) is 40.2 Å². The predicted octanol–water partition coefficient (Wildman–Crippen LogP) is 6.41. The van der Waals surface area contributed by atoms with E-state index in [1.54, 1.807) is 0 Å². The molecule has 0 atom stereocenters. The van der Waals surface area contributed by atoms with Crippen LogP contribution in [-0.4, -0.2) is 0 Å². The Balaban J connectivity index is 0.000000956. The summed E-state index contributed by atoms with van der Waals surface area (Å²) in [5, 5.41) is 4.10. The molecule has 0 amide bonds. The number of rotatable bonds is 2. The molecule has 1 N–H and O–H groups in total. The minimum atomic E-state index is 0.193. The van der Waals surface area contributed by atoms with Gasteiger partial charge in [-0.3, -0.25) is 0 Å². The van der Waals surface area contributed by atoms with Crippen LogP contribution in [-0.2, 0) is 5.41 Å². The van der Waals surface area contributed by atoms with Crippen LogP contribution in [0.5, 0.6) is 0 Å². The Labute approximate surface area is 128 Å². The minimum absolute atomic E-state index is 0.193. The van der Waals surface area contributed by atoms with Crippen molar-refractivity contribution in [3.63, 3.8) is 0 Å². The summed E-state index contributed by atoms with van der Waals surface area (Å²) in [6.45, 7) is 10.7. The van der Waals surface area contributed by atoms with Gasteiger partial charge >= 0.3 is 0 Å². The number of benzene rings is 2. The van der Waals surface area contributed by atoms with E-state index < -0.39 is 0 Å². The van der Waals surface area contributed by atoms with Gasteiger partial charge in [0.25, 0.3) is 0 Å². The monoisotopic (exact) mass is 289 g/mol. The first-order valence-electron chi connectivity index (χ1n) is 7.08. The van der Waals surface area contributed by atoms with Crippen molar-refractivity contribution in [2.24, 2.45) is 0 Å². The van der Waals surface area contributed by atoms with Crippen molar-refractivity contribution in [2.45, 2.75) is 40.0 Å². The van der Waals surface area contributed by atoms with E-state index in [1.165, 1.54) is 5.56 Å². The largest absolute Gasteiger partial charge is 0.356 e. The van der Waals surface area contributed by atoms with Gasteiger partial charge in [0.05, 0.1) is 0 Å². The standard InChI is InChI=1S/C16H18ClN.C2H6/c1-16(2,3)12-4-8-14(9-5-12)18-15-10-6-13(17)7-11-15;1-2/h4-11,18H,1-3H3;1-2H3. The highest BCUT2D eigenvalue weighted by atomic mass is 35.5. The van der Waals surface area contributed by atoms with Gasteiger partial charge in [0.2, 0.25) is 0 Å². The zero-order valence-corrected chi connectivity index (χ0v) is 13.8. The van der Waals surface area contributed by atoms with Gasteiger partial charge in [-0.05, 0) is 47.4 Å². The summed E-state index contributed by atoms with van der Waals surface area (Å²) in [5.41, 5.74) is 3.66. The van der Waals surface area contributed by atoms with E-state index in [4.69, 9.17) is 11.6 Å². The maximum absolute atomic E-state index is 5.86. The molecule has 0 spiro atoms. The summed E-state index contributed by atoms with van der Waals surface area (Å²) in [6.07, 6.45) is 0. The highest BCUT2D eigenvalue weighted by molar-refractivity contribution is 6.30. The van der Waals surface area contributed by atoms with E-state index in [0.717, 1.165) is 16.4 Å². The molecule has 0 aliphatic rings. The molecule has 20 heavy (non-hydrogen) atoms. The molecule has 0 aliphatic heterocycles. The van der Waals surface area contributed by atoms with Crippen molar-refractivity contribution >= 4 is 23.0 Å². The zero-order valence-electron chi connectivity index (χ0n) is 13.0. The number of halogens is 1. The third-order valence-corrected chi connectivity index (χ3v) is 3.14. The lowest BCUT2D eigenvalue weighted by Gasteiger charge is -2.19. The fraction of sp³-hybridized carbons (Fsp3) is 0.333. The first-order chi connectivity index (χ1) is 9.45. The Morgan fingerprint density at radius 2 is 1.15 bits per heavy atom. The average Bonchev–Trinajstić information content (AvgIpc) is 2.43. The summed E-state index contributed by atoms with van der Waals surface area (Å²) < 4.78 is 0. The smallest absolute Gasteiger partial charge is 0.0407 e. The maximum atomic E-state index is 5.86. The SMILES string of the molecule is CC.CC(C)(C)c1ccc(Nc2ccc(Cl)cc2)cc1. The highest BCUT2D eigenvalue weighted by Gasteiger charge is 2.12. The molecule has 2 aromatic rings. The van der Waals surface area contributed by atoms with Crippen molar-refractivity contribution in [2.75, 3.05) is 5.32 Å². The molecule has 108 valence electrons.